The van der Waals surface area contributed by atoms with Gasteiger partial charge in [0.2, 0.25) is 0 Å². The molecule has 4 heteroatoms. The molecule has 18 heavy (non-hydrogen) atoms. The van der Waals surface area contributed by atoms with Gasteiger partial charge in [-0.2, -0.15) is 0 Å². The fourth-order valence-corrected chi connectivity index (χ4v) is 1.78. The maximum atomic E-state index is 13.9. The Morgan fingerprint density at radius 1 is 1.28 bits per heavy atom. The van der Waals surface area contributed by atoms with Gasteiger partial charge < -0.3 is 10.8 Å². The number of anilines is 1. The van der Waals surface area contributed by atoms with Crippen molar-refractivity contribution in [1.82, 2.24) is 0 Å². The molecule has 0 bridgehead atoms. The van der Waals surface area contributed by atoms with Crippen LogP contribution in [0.4, 0.5) is 10.1 Å². The number of hydrogen-bond acceptors (Lipinski definition) is 2. The van der Waals surface area contributed by atoms with Gasteiger partial charge in [0.25, 0.3) is 0 Å². The largest absolute Gasteiger partial charge is 0.478 e. The number of halogens is 1. The summed E-state index contributed by atoms with van der Waals surface area (Å²) in [6.07, 6.45) is 0. The average Bonchev–Trinajstić information content (AvgIpc) is 2.33. The van der Waals surface area contributed by atoms with Gasteiger partial charge in [0, 0.05) is 11.3 Å². The quantitative estimate of drug-likeness (QED) is 0.799. The molecule has 0 aliphatic rings. The standard InChI is InChI=1S/C14H12FNO2/c1-8-3-2-4-10(13(8)15)9-5-6-12(16)11(7-9)14(17)18/h2-7H,16H2,1H3,(H,17,18). The summed E-state index contributed by atoms with van der Waals surface area (Å²) in [5.74, 6) is -1.47. The third-order valence-electron chi connectivity index (χ3n) is 2.79. The first-order valence-electron chi connectivity index (χ1n) is 5.39. The Balaban J connectivity index is 2.62. The van der Waals surface area contributed by atoms with Crippen LogP contribution in [0.5, 0.6) is 0 Å². The highest BCUT2D eigenvalue weighted by molar-refractivity contribution is 5.95. The van der Waals surface area contributed by atoms with E-state index in [1.165, 1.54) is 12.1 Å². The van der Waals surface area contributed by atoms with Gasteiger partial charge in [-0.05, 0) is 30.2 Å². The van der Waals surface area contributed by atoms with Crippen LogP contribution in [0.1, 0.15) is 15.9 Å². The molecule has 0 heterocycles. The number of rotatable bonds is 2. The Labute approximate surface area is 104 Å². The Hall–Kier alpha value is -2.36. The van der Waals surface area contributed by atoms with Crippen LogP contribution in [0.25, 0.3) is 11.1 Å². The second-order valence-corrected chi connectivity index (χ2v) is 4.04. The van der Waals surface area contributed by atoms with E-state index in [4.69, 9.17) is 10.8 Å². The molecule has 3 nitrogen and oxygen atoms in total. The van der Waals surface area contributed by atoms with Gasteiger partial charge in [0.15, 0.2) is 0 Å². The third kappa shape index (κ3) is 2.05. The monoisotopic (exact) mass is 245 g/mol. The molecule has 92 valence electrons. The maximum absolute atomic E-state index is 13.9. The highest BCUT2D eigenvalue weighted by atomic mass is 19.1. The molecule has 0 aromatic heterocycles. The molecular weight excluding hydrogens is 233 g/mol. The molecule has 0 aliphatic heterocycles. The minimum Gasteiger partial charge on any atom is -0.478 e. The number of nitrogen functional groups attached to an aromatic ring is 1. The number of benzene rings is 2. The minimum atomic E-state index is -1.12. The van der Waals surface area contributed by atoms with Crippen molar-refractivity contribution in [2.75, 3.05) is 5.73 Å². The fraction of sp³-hybridized carbons (Fsp3) is 0.0714. The summed E-state index contributed by atoms with van der Waals surface area (Å²) in [4.78, 5) is 11.0. The highest BCUT2D eigenvalue weighted by Crippen LogP contribution is 2.27. The van der Waals surface area contributed by atoms with E-state index in [1.54, 1.807) is 31.2 Å². The van der Waals surface area contributed by atoms with Crippen molar-refractivity contribution in [2.45, 2.75) is 6.92 Å². The van der Waals surface area contributed by atoms with Gasteiger partial charge in [-0.3, -0.25) is 0 Å². The Kier molecular flexibility index (Phi) is 3.02. The predicted molar refractivity (Wildman–Crippen MR) is 67.9 cm³/mol. The summed E-state index contributed by atoms with van der Waals surface area (Å²) >= 11 is 0. The van der Waals surface area contributed by atoms with Crippen molar-refractivity contribution in [3.8, 4) is 11.1 Å². The van der Waals surface area contributed by atoms with E-state index >= 15 is 0 Å². The first-order valence-corrected chi connectivity index (χ1v) is 5.39. The lowest BCUT2D eigenvalue weighted by Crippen LogP contribution is -2.02. The molecule has 0 radical (unpaired) electrons. The lowest BCUT2D eigenvalue weighted by atomic mass is 10.00. The minimum absolute atomic E-state index is 0.0200. The van der Waals surface area contributed by atoms with Crippen molar-refractivity contribution in [1.29, 1.82) is 0 Å². The highest BCUT2D eigenvalue weighted by Gasteiger charge is 2.12. The molecule has 0 saturated carbocycles. The Morgan fingerprint density at radius 3 is 2.67 bits per heavy atom. The smallest absolute Gasteiger partial charge is 0.337 e. The molecule has 0 aliphatic carbocycles. The van der Waals surface area contributed by atoms with Crippen LogP contribution in [0.3, 0.4) is 0 Å². The van der Waals surface area contributed by atoms with Crippen LogP contribution in [0.15, 0.2) is 36.4 Å². The maximum Gasteiger partial charge on any atom is 0.337 e. The lowest BCUT2D eigenvalue weighted by Gasteiger charge is -2.08. The Morgan fingerprint density at radius 2 is 2.00 bits per heavy atom. The van der Waals surface area contributed by atoms with Crippen LogP contribution in [0.2, 0.25) is 0 Å². The van der Waals surface area contributed by atoms with Crippen molar-refractivity contribution in [3.05, 3.63) is 53.3 Å². The second kappa shape index (κ2) is 4.49. The normalized spacial score (nSPS) is 10.3. The van der Waals surface area contributed by atoms with Crippen molar-refractivity contribution >= 4 is 11.7 Å². The first kappa shape index (κ1) is 12.1. The summed E-state index contributed by atoms with van der Waals surface area (Å²) in [6, 6.07) is 9.47. The first-order chi connectivity index (χ1) is 8.50. The molecule has 0 atom stereocenters. The number of carboxylic acids is 1. The van der Waals surface area contributed by atoms with Gasteiger partial charge >= 0.3 is 5.97 Å². The number of hydrogen-bond donors (Lipinski definition) is 2. The van der Waals surface area contributed by atoms with E-state index in [9.17, 15) is 9.18 Å². The van der Waals surface area contributed by atoms with Gasteiger partial charge in [-0.25, -0.2) is 9.18 Å². The number of aromatic carboxylic acids is 1. The number of carboxylic acid groups (broad SMARTS) is 1. The zero-order chi connectivity index (χ0) is 13.3. The molecule has 2 rings (SSSR count). The number of aryl methyl sites for hydroxylation is 1. The van der Waals surface area contributed by atoms with E-state index in [1.807, 2.05) is 0 Å². The van der Waals surface area contributed by atoms with Crippen molar-refractivity contribution < 1.29 is 14.3 Å². The van der Waals surface area contributed by atoms with Gasteiger partial charge in [-0.15, -0.1) is 0 Å². The van der Waals surface area contributed by atoms with Crippen LogP contribution in [0, 0.1) is 12.7 Å². The third-order valence-corrected chi connectivity index (χ3v) is 2.79. The van der Waals surface area contributed by atoms with Crippen LogP contribution in [-0.4, -0.2) is 11.1 Å². The van der Waals surface area contributed by atoms with Crippen LogP contribution < -0.4 is 5.73 Å². The molecular formula is C14H12FNO2. The van der Waals surface area contributed by atoms with Crippen LogP contribution in [-0.2, 0) is 0 Å². The molecule has 2 aromatic carbocycles. The molecule has 0 spiro atoms. The van der Waals surface area contributed by atoms with Gasteiger partial charge in [-0.1, -0.05) is 24.3 Å². The molecule has 0 saturated heterocycles. The van der Waals surface area contributed by atoms with E-state index in [0.717, 1.165) is 0 Å². The number of carbonyl (C=O) groups is 1. The fourth-order valence-electron chi connectivity index (χ4n) is 1.78. The zero-order valence-corrected chi connectivity index (χ0v) is 9.77. The van der Waals surface area contributed by atoms with Gasteiger partial charge in [0.1, 0.15) is 5.82 Å². The van der Waals surface area contributed by atoms with Crippen LogP contribution >= 0.6 is 0 Å². The summed E-state index contributed by atoms with van der Waals surface area (Å²) in [7, 11) is 0. The zero-order valence-electron chi connectivity index (χ0n) is 9.77. The summed E-state index contributed by atoms with van der Waals surface area (Å²) in [5, 5.41) is 8.99. The number of nitrogens with two attached hydrogens (primary N) is 1. The van der Waals surface area contributed by atoms with E-state index < -0.39 is 5.97 Å². The van der Waals surface area contributed by atoms with Crippen molar-refractivity contribution in [3.63, 3.8) is 0 Å². The van der Waals surface area contributed by atoms with E-state index in [-0.39, 0.29) is 17.1 Å². The van der Waals surface area contributed by atoms with Gasteiger partial charge in [0.05, 0.1) is 5.56 Å². The van der Waals surface area contributed by atoms with E-state index in [2.05, 4.69) is 0 Å². The Bertz CT molecular complexity index is 623. The average molecular weight is 245 g/mol. The molecule has 0 amide bonds. The topological polar surface area (TPSA) is 63.3 Å². The molecule has 0 fully saturated rings. The lowest BCUT2D eigenvalue weighted by molar-refractivity contribution is 0.0698. The molecule has 0 unspecified atom stereocenters. The SMILES string of the molecule is Cc1cccc(-c2ccc(N)c(C(=O)O)c2)c1F. The summed E-state index contributed by atoms with van der Waals surface area (Å²) in [6.45, 7) is 1.66. The second-order valence-electron chi connectivity index (χ2n) is 4.04. The summed E-state index contributed by atoms with van der Waals surface area (Å²) < 4.78 is 13.9. The van der Waals surface area contributed by atoms with E-state index in [0.29, 0.717) is 16.7 Å². The molecule has 2 aromatic rings. The van der Waals surface area contributed by atoms with Crippen molar-refractivity contribution in [2.24, 2.45) is 0 Å². The summed E-state index contributed by atoms with van der Waals surface area (Å²) in [5.41, 5.74) is 7.10. The predicted octanol–water partition coefficient (Wildman–Crippen LogP) is 3.08. The molecule has 3 N–H and O–H groups in total.